The molecule has 2 aliphatic rings. The maximum absolute atomic E-state index is 11.8. The molecule has 0 radical (unpaired) electrons. The van der Waals surface area contributed by atoms with Crippen molar-refractivity contribution in [3.8, 4) is 11.5 Å². The molecular formula is C18H26N4O4. The average molecular weight is 362 g/mol. The van der Waals surface area contributed by atoms with Gasteiger partial charge in [-0.15, -0.1) is 0 Å². The molecule has 0 saturated carbocycles. The predicted molar refractivity (Wildman–Crippen MR) is 97.5 cm³/mol. The van der Waals surface area contributed by atoms with Crippen LogP contribution >= 0.6 is 0 Å². The summed E-state index contributed by atoms with van der Waals surface area (Å²) in [5.74, 6) is 2.31. The van der Waals surface area contributed by atoms with Gasteiger partial charge in [0.1, 0.15) is 0 Å². The number of fused-ring (bicyclic) bond motifs is 1. The molecule has 8 heteroatoms. The number of amides is 1. The highest BCUT2D eigenvalue weighted by atomic mass is 16.7. The summed E-state index contributed by atoms with van der Waals surface area (Å²) in [6.07, 6.45) is 1.50. The number of aliphatic imine (C=N–C) groups is 1. The van der Waals surface area contributed by atoms with Crippen LogP contribution in [0.15, 0.2) is 23.2 Å². The summed E-state index contributed by atoms with van der Waals surface area (Å²) < 4.78 is 15.8. The summed E-state index contributed by atoms with van der Waals surface area (Å²) in [6.45, 7) is 4.53. The Kier molecular flexibility index (Phi) is 6.04. The van der Waals surface area contributed by atoms with Crippen molar-refractivity contribution in [2.24, 2.45) is 4.99 Å². The molecule has 0 atom stereocenters. The molecule has 1 saturated heterocycles. The summed E-state index contributed by atoms with van der Waals surface area (Å²) in [6, 6.07) is 6.18. The Morgan fingerprint density at radius 1 is 1.31 bits per heavy atom. The molecule has 8 nitrogen and oxygen atoms in total. The van der Waals surface area contributed by atoms with E-state index in [9.17, 15) is 4.79 Å². The van der Waals surface area contributed by atoms with Crippen LogP contribution in [0.3, 0.4) is 0 Å². The molecule has 0 aliphatic carbocycles. The fourth-order valence-electron chi connectivity index (χ4n) is 3.05. The van der Waals surface area contributed by atoms with Crippen molar-refractivity contribution in [3.63, 3.8) is 0 Å². The number of guanidine groups is 1. The lowest BCUT2D eigenvalue weighted by Gasteiger charge is -2.32. The quantitative estimate of drug-likeness (QED) is 0.627. The lowest BCUT2D eigenvalue weighted by atomic mass is 10.1. The Morgan fingerprint density at radius 2 is 2.08 bits per heavy atom. The molecule has 1 amide bonds. The third kappa shape index (κ3) is 4.50. The fraction of sp³-hybridized carbons (Fsp3) is 0.556. The number of rotatable bonds is 4. The van der Waals surface area contributed by atoms with Gasteiger partial charge in [0.05, 0.1) is 6.61 Å². The van der Waals surface area contributed by atoms with Crippen LogP contribution in [0.5, 0.6) is 11.5 Å². The van der Waals surface area contributed by atoms with E-state index in [1.807, 2.05) is 25.1 Å². The minimum Gasteiger partial charge on any atom is -0.454 e. The predicted octanol–water partition coefficient (Wildman–Crippen LogP) is 1.70. The minimum absolute atomic E-state index is 0.226. The number of carbonyl (C=O) groups excluding carboxylic acids is 1. The topological polar surface area (TPSA) is 84.4 Å². The number of benzene rings is 1. The number of carbonyl (C=O) groups is 1. The first kappa shape index (κ1) is 18.2. The largest absolute Gasteiger partial charge is 0.454 e. The molecule has 0 bridgehead atoms. The van der Waals surface area contributed by atoms with E-state index < -0.39 is 0 Å². The van der Waals surface area contributed by atoms with Crippen molar-refractivity contribution in [2.45, 2.75) is 32.4 Å². The van der Waals surface area contributed by atoms with Crippen LogP contribution in [0.1, 0.15) is 25.3 Å². The Bertz CT molecular complexity index is 657. The Labute approximate surface area is 153 Å². The van der Waals surface area contributed by atoms with Gasteiger partial charge in [-0.1, -0.05) is 6.07 Å². The molecule has 2 N–H and O–H groups in total. The van der Waals surface area contributed by atoms with Crippen molar-refractivity contribution in [1.29, 1.82) is 0 Å². The van der Waals surface area contributed by atoms with Gasteiger partial charge < -0.3 is 29.7 Å². The number of piperidine rings is 1. The fourth-order valence-corrected chi connectivity index (χ4v) is 3.05. The third-order valence-corrected chi connectivity index (χ3v) is 4.48. The molecule has 1 aromatic carbocycles. The highest BCUT2D eigenvalue weighted by Gasteiger charge is 2.24. The molecule has 0 spiro atoms. The molecule has 142 valence electrons. The second-order valence-electron chi connectivity index (χ2n) is 6.22. The SMILES string of the molecule is CCOC(=O)N1CCC(NC(=NC)NCc2ccc3c(c2)OCO3)CC1. The van der Waals surface area contributed by atoms with Gasteiger partial charge in [0.15, 0.2) is 17.5 Å². The monoisotopic (exact) mass is 362 g/mol. The van der Waals surface area contributed by atoms with Gasteiger partial charge in [-0.25, -0.2) is 4.79 Å². The van der Waals surface area contributed by atoms with Gasteiger partial charge in [0.2, 0.25) is 6.79 Å². The molecule has 0 aromatic heterocycles. The molecule has 1 fully saturated rings. The molecule has 2 heterocycles. The molecule has 2 aliphatic heterocycles. The summed E-state index contributed by atoms with van der Waals surface area (Å²) in [4.78, 5) is 17.8. The van der Waals surface area contributed by atoms with Gasteiger partial charge in [-0.05, 0) is 37.5 Å². The first-order valence-electron chi connectivity index (χ1n) is 8.97. The smallest absolute Gasteiger partial charge is 0.409 e. The van der Waals surface area contributed by atoms with Crippen LogP contribution < -0.4 is 20.1 Å². The van der Waals surface area contributed by atoms with E-state index in [0.717, 1.165) is 35.9 Å². The number of hydrogen-bond donors (Lipinski definition) is 2. The number of hydrogen-bond acceptors (Lipinski definition) is 5. The van der Waals surface area contributed by atoms with Crippen LogP contribution in [0, 0.1) is 0 Å². The summed E-state index contributed by atoms with van der Waals surface area (Å²) >= 11 is 0. The minimum atomic E-state index is -0.226. The maximum atomic E-state index is 11.8. The average Bonchev–Trinajstić information content (AvgIpc) is 3.13. The second-order valence-corrected chi connectivity index (χ2v) is 6.22. The van der Waals surface area contributed by atoms with Crippen molar-refractivity contribution in [2.75, 3.05) is 33.5 Å². The highest BCUT2D eigenvalue weighted by molar-refractivity contribution is 5.80. The normalized spacial score (nSPS) is 17.2. The van der Waals surface area contributed by atoms with E-state index in [0.29, 0.717) is 26.2 Å². The van der Waals surface area contributed by atoms with Gasteiger partial charge in [-0.2, -0.15) is 0 Å². The molecule has 1 aromatic rings. The summed E-state index contributed by atoms with van der Waals surface area (Å²) in [7, 11) is 1.75. The van der Waals surface area contributed by atoms with Crippen molar-refractivity contribution < 1.29 is 19.0 Å². The van der Waals surface area contributed by atoms with Gasteiger partial charge >= 0.3 is 6.09 Å². The summed E-state index contributed by atoms with van der Waals surface area (Å²) in [5, 5.41) is 6.74. The van der Waals surface area contributed by atoms with Gasteiger partial charge in [0.25, 0.3) is 0 Å². The van der Waals surface area contributed by atoms with Crippen LogP contribution in [-0.4, -0.2) is 56.5 Å². The van der Waals surface area contributed by atoms with Crippen molar-refractivity contribution in [3.05, 3.63) is 23.8 Å². The molecule has 3 rings (SSSR count). The van der Waals surface area contributed by atoms with Crippen molar-refractivity contribution in [1.82, 2.24) is 15.5 Å². The van der Waals surface area contributed by atoms with Crippen LogP contribution in [0.4, 0.5) is 4.79 Å². The number of nitrogens with zero attached hydrogens (tertiary/aromatic N) is 2. The first-order chi connectivity index (χ1) is 12.7. The van der Waals surface area contributed by atoms with Crippen LogP contribution in [-0.2, 0) is 11.3 Å². The van der Waals surface area contributed by atoms with E-state index in [4.69, 9.17) is 14.2 Å². The zero-order chi connectivity index (χ0) is 18.4. The molecule has 0 unspecified atom stereocenters. The second kappa shape index (κ2) is 8.64. The van der Waals surface area contributed by atoms with Crippen LogP contribution in [0.25, 0.3) is 0 Å². The number of likely N-dealkylation sites (tertiary alicyclic amines) is 1. The van der Waals surface area contributed by atoms with Crippen LogP contribution in [0.2, 0.25) is 0 Å². The Morgan fingerprint density at radius 3 is 2.81 bits per heavy atom. The molecular weight excluding hydrogens is 336 g/mol. The Hall–Kier alpha value is -2.64. The van der Waals surface area contributed by atoms with E-state index >= 15 is 0 Å². The van der Waals surface area contributed by atoms with E-state index in [1.54, 1.807) is 11.9 Å². The van der Waals surface area contributed by atoms with Crippen molar-refractivity contribution >= 4 is 12.1 Å². The zero-order valence-corrected chi connectivity index (χ0v) is 15.3. The van der Waals surface area contributed by atoms with E-state index in [-0.39, 0.29) is 18.9 Å². The maximum Gasteiger partial charge on any atom is 0.409 e. The number of ether oxygens (including phenoxy) is 3. The van der Waals surface area contributed by atoms with Gasteiger partial charge in [-0.3, -0.25) is 4.99 Å². The highest BCUT2D eigenvalue weighted by Crippen LogP contribution is 2.32. The zero-order valence-electron chi connectivity index (χ0n) is 15.3. The van der Waals surface area contributed by atoms with Gasteiger partial charge in [0, 0.05) is 32.7 Å². The lowest BCUT2D eigenvalue weighted by molar-refractivity contribution is 0.0963. The third-order valence-electron chi connectivity index (χ3n) is 4.48. The molecule has 26 heavy (non-hydrogen) atoms. The Balaban J connectivity index is 1.45. The number of nitrogens with one attached hydrogen (secondary N) is 2. The lowest BCUT2D eigenvalue weighted by Crippen LogP contribution is -2.49. The van der Waals surface area contributed by atoms with E-state index in [1.165, 1.54) is 0 Å². The van der Waals surface area contributed by atoms with E-state index in [2.05, 4.69) is 15.6 Å². The first-order valence-corrected chi connectivity index (χ1v) is 8.97. The summed E-state index contributed by atoms with van der Waals surface area (Å²) in [5.41, 5.74) is 1.09. The standard InChI is InChI=1S/C18H26N4O4/c1-3-24-18(23)22-8-6-14(7-9-22)21-17(19-2)20-11-13-4-5-15-16(10-13)26-12-25-15/h4-5,10,14H,3,6-9,11-12H2,1-2H3,(H2,19,20,21).